The zero-order chi connectivity index (χ0) is 32.6. The van der Waals surface area contributed by atoms with E-state index in [2.05, 4.69) is 0 Å². The smallest absolute Gasteiger partial charge is 0.410 e. The number of benzene rings is 1. The number of aromatic nitrogens is 1. The van der Waals surface area contributed by atoms with Crippen molar-refractivity contribution in [1.29, 1.82) is 0 Å². The van der Waals surface area contributed by atoms with Crippen molar-refractivity contribution in [1.82, 2.24) is 24.2 Å². The standard InChI is InChI=1S/C30H40FN5O8/c1-29(2,3)43-27(41)34-15-11-32(12-16-34)25(39)21-23(37)24(38)22(36(21)20-9-7-19(31)8-10-20)26(40)33-13-17-35(18-14-33)28(42)44-30(4,5)6/h7-10,37-38H,11-18H2,1-6H3. The Morgan fingerprint density at radius 1 is 0.614 bits per heavy atom. The highest BCUT2D eigenvalue weighted by Gasteiger charge is 2.38. The number of hydrogen-bond acceptors (Lipinski definition) is 8. The molecule has 2 aliphatic rings. The Labute approximate surface area is 255 Å². The molecule has 14 heteroatoms. The topological polar surface area (TPSA) is 145 Å². The van der Waals surface area contributed by atoms with Gasteiger partial charge >= 0.3 is 12.2 Å². The lowest BCUT2D eigenvalue weighted by atomic mass is 10.2. The number of rotatable bonds is 3. The summed E-state index contributed by atoms with van der Waals surface area (Å²) in [6.45, 7) is 11.6. The molecule has 0 atom stereocenters. The van der Waals surface area contributed by atoms with Gasteiger partial charge < -0.3 is 39.3 Å². The second-order valence-electron chi connectivity index (χ2n) is 12.7. The van der Waals surface area contributed by atoms with Gasteiger partial charge in [-0.15, -0.1) is 0 Å². The van der Waals surface area contributed by atoms with Crippen molar-refractivity contribution in [2.24, 2.45) is 0 Å². The third-order valence-corrected chi connectivity index (χ3v) is 7.05. The fraction of sp³-hybridized carbons (Fsp3) is 0.533. The number of ether oxygens (including phenoxy) is 2. The molecule has 4 rings (SSSR count). The molecule has 0 unspecified atom stereocenters. The summed E-state index contributed by atoms with van der Waals surface area (Å²) in [5, 5.41) is 22.1. The van der Waals surface area contributed by atoms with E-state index in [9.17, 15) is 33.8 Å². The highest BCUT2D eigenvalue weighted by molar-refractivity contribution is 6.04. The molecule has 3 heterocycles. The van der Waals surface area contributed by atoms with Crippen LogP contribution < -0.4 is 0 Å². The normalized spacial score (nSPS) is 16.2. The van der Waals surface area contributed by atoms with E-state index in [1.807, 2.05) is 0 Å². The largest absolute Gasteiger partial charge is 0.503 e. The van der Waals surface area contributed by atoms with Crippen LogP contribution in [-0.2, 0) is 9.47 Å². The molecule has 0 spiro atoms. The minimum absolute atomic E-state index is 0.1000. The SMILES string of the molecule is CC(C)(C)OC(=O)N1CCN(C(=O)c2c(O)c(O)c(C(=O)N3CCN(C(=O)OC(C)(C)C)CC3)n2-c2ccc(F)cc2)CC1. The highest BCUT2D eigenvalue weighted by Crippen LogP contribution is 2.40. The van der Waals surface area contributed by atoms with Gasteiger partial charge in [0.2, 0.25) is 0 Å². The number of nitrogens with zero attached hydrogens (tertiary/aromatic N) is 5. The van der Waals surface area contributed by atoms with Gasteiger partial charge in [-0.1, -0.05) is 0 Å². The van der Waals surface area contributed by atoms with Gasteiger partial charge in [0.1, 0.15) is 17.0 Å². The minimum atomic E-state index is -0.801. The molecule has 2 fully saturated rings. The number of carbonyl (C=O) groups is 4. The number of hydrogen-bond donors (Lipinski definition) is 2. The van der Waals surface area contributed by atoms with Crippen molar-refractivity contribution in [2.75, 3.05) is 52.4 Å². The number of carbonyl (C=O) groups excluding carboxylic acids is 4. The fourth-order valence-corrected chi connectivity index (χ4v) is 4.93. The Bertz CT molecular complexity index is 1330. The second-order valence-corrected chi connectivity index (χ2v) is 12.7. The summed E-state index contributed by atoms with van der Waals surface area (Å²) in [5.41, 5.74) is -1.97. The average molecular weight is 618 g/mol. The lowest BCUT2D eigenvalue weighted by Gasteiger charge is -2.36. The molecule has 4 amide bonds. The lowest BCUT2D eigenvalue weighted by molar-refractivity contribution is 0.0136. The van der Waals surface area contributed by atoms with E-state index in [0.717, 1.165) is 16.7 Å². The molecule has 2 aromatic rings. The zero-order valence-electron chi connectivity index (χ0n) is 25.9. The Morgan fingerprint density at radius 3 is 1.25 bits per heavy atom. The van der Waals surface area contributed by atoms with Gasteiger partial charge in [0.05, 0.1) is 0 Å². The minimum Gasteiger partial charge on any atom is -0.503 e. The molecular formula is C30H40FN5O8. The van der Waals surface area contributed by atoms with Gasteiger partial charge in [0.15, 0.2) is 22.9 Å². The summed E-state index contributed by atoms with van der Waals surface area (Å²) in [6, 6.07) is 4.90. The Morgan fingerprint density at radius 2 is 0.932 bits per heavy atom. The molecule has 44 heavy (non-hydrogen) atoms. The molecule has 2 saturated heterocycles. The fourth-order valence-electron chi connectivity index (χ4n) is 4.93. The molecule has 13 nitrogen and oxygen atoms in total. The Hall–Kier alpha value is -4.49. The summed E-state index contributed by atoms with van der Waals surface area (Å²) in [6.07, 6.45) is -1.03. The third kappa shape index (κ3) is 7.17. The van der Waals surface area contributed by atoms with Crippen molar-refractivity contribution in [3.63, 3.8) is 0 Å². The summed E-state index contributed by atoms with van der Waals surface area (Å²) in [5.74, 6) is -3.56. The molecule has 1 aromatic carbocycles. The zero-order valence-corrected chi connectivity index (χ0v) is 25.9. The van der Waals surface area contributed by atoms with Crippen LogP contribution in [0.4, 0.5) is 14.0 Å². The predicted molar refractivity (Wildman–Crippen MR) is 156 cm³/mol. The van der Waals surface area contributed by atoms with Crippen molar-refractivity contribution in [3.05, 3.63) is 41.5 Å². The van der Waals surface area contributed by atoms with Gasteiger partial charge in [-0.2, -0.15) is 0 Å². The van der Waals surface area contributed by atoms with Crippen LogP contribution in [0.5, 0.6) is 11.5 Å². The van der Waals surface area contributed by atoms with E-state index in [1.165, 1.54) is 31.7 Å². The van der Waals surface area contributed by atoms with Gasteiger partial charge in [-0.05, 0) is 65.8 Å². The summed E-state index contributed by atoms with van der Waals surface area (Å²) in [7, 11) is 0. The van der Waals surface area contributed by atoms with Crippen molar-refractivity contribution >= 4 is 24.0 Å². The van der Waals surface area contributed by atoms with E-state index in [1.54, 1.807) is 41.5 Å². The summed E-state index contributed by atoms with van der Waals surface area (Å²) < 4.78 is 25.8. The highest BCUT2D eigenvalue weighted by atomic mass is 19.1. The number of amides is 4. The first-order chi connectivity index (χ1) is 20.5. The molecule has 2 aliphatic heterocycles. The Kier molecular flexibility index (Phi) is 9.03. The molecule has 0 bridgehead atoms. The molecule has 1 aromatic heterocycles. The number of halogens is 1. The third-order valence-electron chi connectivity index (χ3n) is 7.05. The van der Waals surface area contributed by atoms with Gasteiger partial charge in [0.25, 0.3) is 11.8 Å². The van der Waals surface area contributed by atoms with Crippen molar-refractivity contribution < 1.29 is 43.3 Å². The Balaban J connectivity index is 1.60. The summed E-state index contributed by atoms with van der Waals surface area (Å²) >= 11 is 0. The number of piperazine rings is 2. The maximum atomic E-state index is 13.9. The molecule has 2 N–H and O–H groups in total. The van der Waals surface area contributed by atoms with E-state index >= 15 is 0 Å². The molecule has 240 valence electrons. The maximum Gasteiger partial charge on any atom is 0.410 e. The van der Waals surface area contributed by atoms with Crippen LogP contribution in [0, 0.1) is 5.82 Å². The van der Waals surface area contributed by atoms with Crippen LogP contribution in [0.15, 0.2) is 24.3 Å². The van der Waals surface area contributed by atoms with E-state index in [-0.39, 0.29) is 69.4 Å². The first kappa shape index (κ1) is 32.4. The first-order valence-electron chi connectivity index (χ1n) is 14.4. The maximum absolute atomic E-state index is 13.9. The van der Waals surface area contributed by atoms with Crippen LogP contribution in [-0.4, -0.2) is 122 Å². The first-order valence-corrected chi connectivity index (χ1v) is 14.4. The van der Waals surface area contributed by atoms with Gasteiger partial charge in [-0.25, -0.2) is 14.0 Å². The van der Waals surface area contributed by atoms with Gasteiger partial charge in [0, 0.05) is 58.0 Å². The van der Waals surface area contributed by atoms with Gasteiger partial charge in [-0.3, -0.25) is 14.2 Å². The van der Waals surface area contributed by atoms with E-state index in [0.29, 0.717) is 0 Å². The van der Waals surface area contributed by atoms with Crippen LogP contribution in [0.1, 0.15) is 62.5 Å². The van der Waals surface area contributed by atoms with Crippen LogP contribution in [0.3, 0.4) is 0 Å². The molecule has 0 radical (unpaired) electrons. The summed E-state index contributed by atoms with van der Waals surface area (Å²) in [4.78, 5) is 58.4. The van der Waals surface area contributed by atoms with E-state index in [4.69, 9.17) is 9.47 Å². The van der Waals surface area contributed by atoms with E-state index < -0.39 is 52.5 Å². The van der Waals surface area contributed by atoms with Crippen molar-refractivity contribution in [2.45, 2.75) is 52.7 Å². The lowest BCUT2D eigenvalue weighted by Crippen LogP contribution is -2.52. The van der Waals surface area contributed by atoms with Crippen molar-refractivity contribution in [3.8, 4) is 17.2 Å². The number of aromatic hydroxyl groups is 2. The van der Waals surface area contributed by atoms with Crippen LogP contribution >= 0.6 is 0 Å². The quantitative estimate of drug-likeness (QED) is 0.533. The molecule has 0 aliphatic carbocycles. The monoisotopic (exact) mass is 617 g/mol. The van der Waals surface area contributed by atoms with Crippen LogP contribution in [0.25, 0.3) is 5.69 Å². The molecule has 0 saturated carbocycles. The second kappa shape index (κ2) is 12.2. The molecular weight excluding hydrogens is 577 g/mol. The van der Waals surface area contributed by atoms with Crippen LogP contribution in [0.2, 0.25) is 0 Å². The predicted octanol–water partition coefficient (Wildman–Crippen LogP) is 3.41. The average Bonchev–Trinajstić information content (AvgIpc) is 3.21.